The van der Waals surface area contributed by atoms with Crippen molar-refractivity contribution in [1.82, 2.24) is 15.1 Å². The van der Waals surface area contributed by atoms with Gasteiger partial charge in [-0.05, 0) is 12.1 Å². The number of hydrogen-bond donors (Lipinski definition) is 0. The summed E-state index contributed by atoms with van der Waals surface area (Å²) in [5.41, 5.74) is 0. The number of fused-ring (bicyclic) bond motifs is 2. The summed E-state index contributed by atoms with van der Waals surface area (Å²) in [6.45, 7) is 4.68. The van der Waals surface area contributed by atoms with Gasteiger partial charge in [0.15, 0.2) is 5.82 Å². The lowest BCUT2D eigenvalue weighted by Gasteiger charge is -2.51. The SMILES string of the molecule is c1cnnc(N2CCN3CC2C3)c1. The van der Waals surface area contributed by atoms with E-state index >= 15 is 0 Å². The topological polar surface area (TPSA) is 32.3 Å². The third kappa shape index (κ3) is 1.09. The van der Waals surface area contributed by atoms with Crippen LogP contribution in [0.1, 0.15) is 0 Å². The Morgan fingerprint density at radius 3 is 2.85 bits per heavy atom. The van der Waals surface area contributed by atoms with Crippen molar-refractivity contribution in [2.24, 2.45) is 0 Å². The van der Waals surface area contributed by atoms with Crippen molar-refractivity contribution in [1.29, 1.82) is 0 Å². The highest BCUT2D eigenvalue weighted by atomic mass is 15.4. The predicted octanol–water partition coefficient (Wildman–Crippen LogP) is -0.0192. The normalized spacial score (nSPS) is 31.2. The minimum atomic E-state index is 0.686. The molecule has 1 aromatic heterocycles. The zero-order chi connectivity index (χ0) is 8.67. The van der Waals surface area contributed by atoms with Crippen LogP contribution in [0.2, 0.25) is 0 Å². The molecule has 0 amide bonds. The highest BCUT2D eigenvalue weighted by molar-refractivity contribution is 5.40. The van der Waals surface area contributed by atoms with Gasteiger partial charge >= 0.3 is 0 Å². The molecule has 0 N–H and O–H groups in total. The van der Waals surface area contributed by atoms with Crippen molar-refractivity contribution in [2.75, 3.05) is 31.1 Å². The Morgan fingerprint density at radius 2 is 2.23 bits per heavy atom. The van der Waals surface area contributed by atoms with E-state index in [9.17, 15) is 0 Å². The van der Waals surface area contributed by atoms with Crippen LogP contribution in [-0.4, -0.2) is 47.3 Å². The van der Waals surface area contributed by atoms with Gasteiger partial charge in [0.05, 0.1) is 6.04 Å². The van der Waals surface area contributed by atoms with Crippen LogP contribution in [-0.2, 0) is 0 Å². The second-order valence-electron chi connectivity index (χ2n) is 3.69. The number of anilines is 1. The molecule has 4 nitrogen and oxygen atoms in total. The first kappa shape index (κ1) is 7.26. The highest BCUT2D eigenvalue weighted by Crippen LogP contribution is 2.24. The van der Waals surface area contributed by atoms with Crippen LogP contribution in [0, 0.1) is 0 Å². The van der Waals surface area contributed by atoms with Crippen LogP contribution in [0.15, 0.2) is 18.3 Å². The van der Waals surface area contributed by atoms with E-state index in [-0.39, 0.29) is 0 Å². The lowest BCUT2D eigenvalue weighted by Crippen LogP contribution is -2.66. The number of piperazine rings is 2. The molecule has 2 bridgehead atoms. The number of nitrogens with zero attached hydrogens (tertiary/aromatic N) is 4. The standard InChI is InChI=1S/C9H12N4/c1-2-9(11-10-3-1)13-5-4-12-6-8(13)7-12/h1-3,8H,4-7H2. The molecule has 3 aliphatic heterocycles. The van der Waals surface area contributed by atoms with E-state index in [1.807, 2.05) is 12.1 Å². The minimum absolute atomic E-state index is 0.686. The molecule has 0 atom stereocenters. The molecule has 3 saturated heterocycles. The molecule has 3 fully saturated rings. The molecule has 0 aromatic carbocycles. The van der Waals surface area contributed by atoms with Crippen molar-refractivity contribution in [3.63, 3.8) is 0 Å². The molecule has 4 heterocycles. The molecule has 0 spiro atoms. The van der Waals surface area contributed by atoms with Gasteiger partial charge in [0.25, 0.3) is 0 Å². The molecular formula is C9H12N4. The third-order valence-corrected chi connectivity index (χ3v) is 2.89. The van der Waals surface area contributed by atoms with Crippen molar-refractivity contribution in [3.8, 4) is 0 Å². The maximum atomic E-state index is 4.13. The molecule has 0 radical (unpaired) electrons. The van der Waals surface area contributed by atoms with Crippen molar-refractivity contribution < 1.29 is 0 Å². The third-order valence-electron chi connectivity index (χ3n) is 2.89. The summed E-state index contributed by atoms with van der Waals surface area (Å²) in [6.07, 6.45) is 1.72. The van der Waals surface area contributed by atoms with Gasteiger partial charge in [-0.3, -0.25) is 4.90 Å². The van der Waals surface area contributed by atoms with E-state index in [4.69, 9.17) is 0 Å². The lowest BCUT2D eigenvalue weighted by atomic mass is 10.0. The number of rotatable bonds is 1. The summed E-state index contributed by atoms with van der Waals surface area (Å²) >= 11 is 0. The number of hydrogen-bond acceptors (Lipinski definition) is 4. The zero-order valence-electron chi connectivity index (χ0n) is 7.43. The van der Waals surface area contributed by atoms with E-state index < -0.39 is 0 Å². The largest absolute Gasteiger partial charge is 0.348 e. The molecule has 4 rings (SSSR count). The lowest BCUT2D eigenvalue weighted by molar-refractivity contribution is 0.109. The van der Waals surface area contributed by atoms with Crippen LogP contribution in [0.4, 0.5) is 5.82 Å². The highest BCUT2D eigenvalue weighted by Gasteiger charge is 2.37. The average Bonchev–Trinajstić information content (AvgIpc) is 2.18. The van der Waals surface area contributed by atoms with Gasteiger partial charge in [0.2, 0.25) is 0 Å². The summed E-state index contributed by atoms with van der Waals surface area (Å²) in [6, 6.07) is 4.68. The monoisotopic (exact) mass is 176 g/mol. The first-order chi connectivity index (χ1) is 6.43. The number of aromatic nitrogens is 2. The summed E-state index contributed by atoms with van der Waals surface area (Å²) in [7, 11) is 0. The van der Waals surface area contributed by atoms with Crippen molar-refractivity contribution >= 4 is 5.82 Å². The summed E-state index contributed by atoms with van der Waals surface area (Å²) < 4.78 is 0. The molecule has 0 saturated carbocycles. The molecule has 13 heavy (non-hydrogen) atoms. The molecule has 4 heteroatoms. The maximum absolute atomic E-state index is 4.13. The van der Waals surface area contributed by atoms with E-state index in [2.05, 4.69) is 20.0 Å². The Hall–Kier alpha value is -1.16. The molecule has 0 unspecified atom stereocenters. The van der Waals surface area contributed by atoms with E-state index in [1.165, 1.54) is 19.6 Å². The second-order valence-corrected chi connectivity index (χ2v) is 3.69. The predicted molar refractivity (Wildman–Crippen MR) is 49.6 cm³/mol. The van der Waals surface area contributed by atoms with Gasteiger partial charge < -0.3 is 4.90 Å². The zero-order valence-corrected chi connectivity index (χ0v) is 7.43. The van der Waals surface area contributed by atoms with Crippen LogP contribution in [0.5, 0.6) is 0 Å². The molecule has 0 aliphatic carbocycles. The minimum Gasteiger partial charge on any atom is -0.348 e. The van der Waals surface area contributed by atoms with Crippen LogP contribution in [0.3, 0.4) is 0 Å². The Bertz CT molecular complexity index is 291. The smallest absolute Gasteiger partial charge is 0.151 e. The van der Waals surface area contributed by atoms with Gasteiger partial charge in [0, 0.05) is 32.4 Å². The first-order valence-corrected chi connectivity index (χ1v) is 4.70. The fourth-order valence-corrected chi connectivity index (χ4v) is 2.10. The quantitative estimate of drug-likeness (QED) is 0.602. The molecule has 68 valence electrons. The van der Waals surface area contributed by atoms with Crippen molar-refractivity contribution in [2.45, 2.75) is 6.04 Å². The van der Waals surface area contributed by atoms with Gasteiger partial charge in [-0.15, -0.1) is 5.10 Å². The van der Waals surface area contributed by atoms with Crippen LogP contribution < -0.4 is 4.90 Å². The Kier molecular flexibility index (Phi) is 1.49. The summed E-state index contributed by atoms with van der Waals surface area (Å²) in [4.78, 5) is 4.84. The van der Waals surface area contributed by atoms with Gasteiger partial charge in [-0.2, -0.15) is 5.10 Å². The summed E-state index contributed by atoms with van der Waals surface area (Å²) in [5.74, 6) is 1.03. The molecular weight excluding hydrogens is 164 g/mol. The fourth-order valence-electron chi connectivity index (χ4n) is 2.10. The fraction of sp³-hybridized carbons (Fsp3) is 0.556. The van der Waals surface area contributed by atoms with Gasteiger partial charge in [-0.1, -0.05) is 0 Å². The van der Waals surface area contributed by atoms with E-state index in [1.54, 1.807) is 6.20 Å². The Balaban J connectivity index is 1.85. The summed E-state index contributed by atoms with van der Waals surface area (Å²) in [5, 5.41) is 8.04. The maximum Gasteiger partial charge on any atom is 0.151 e. The second kappa shape index (κ2) is 2.67. The average molecular weight is 176 g/mol. The molecule has 3 aliphatic rings. The van der Waals surface area contributed by atoms with Crippen molar-refractivity contribution in [3.05, 3.63) is 18.3 Å². The van der Waals surface area contributed by atoms with E-state index in [0.29, 0.717) is 6.04 Å². The van der Waals surface area contributed by atoms with E-state index in [0.717, 1.165) is 12.4 Å². The van der Waals surface area contributed by atoms with Gasteiger partial charge in [0.1, 0.15) is 0 Å². The van der Waals surface area contributed by atoms with Crippen LogP contribution in [0.25, 0.3) is 0 Å². The Labute approximate surface area is 77.2 Å². The Morgan fingerprint density at radius 1 is 1.31 bits per heavy atom. The molecule has 1 aromatic rings. The van der Waals surface area contributed by atoms with Gasteiger partial charge in [-0.25, -0.2) is 0 Å². The first-order valence-electron chi connectivity index (χ1n) is 4.70. The van der Waals surface area contributed by atoms with Crippen LogP contribution >= 0.6 is 0 Å².